The molecule has 0 atom stereocenters. The zero-order valence-corrected chi connectivity index (χ0v) is 6.64. The third-order valence-corrected chi connectivity index (χ3v) is 1.15. The Bertz CT molecular complexity index is 104. The van der Waals surface area contributed by atoms with E-state index in [4.69, 9.17) is 0 Å². The van der Waals surface area contributed by atoms with Crippen LogP contribution in [-0.4, -0.2) is 4.83 Å². The molecule has 0 rings (SSSR count). The Morgan fingerprint density at radius 2 is 1.88 bits per heavy atom. The van der Waals surface area contributed by atoms with Gasteiger partial charge in [-0.25, -0.2) is 4.39 Å². The Hall–Kier alpha value is 0.490. The van der Waals surface area contributed by atoms with Gasteiger partial charge in [0, 0.05) is 4.99 Å². The molecule has 0 aromatic heterocycles. The van der Waals surface area contributed by atoms with Crippen LogP contribution in [0, 0.1) is 0 Å². The second kappa shape index (κ2) is 2.87. The highest BCUT2D eigenvalue weighted by Gasteiger charge is 2.30. The van der Waals surface area contributed by atoms with Gasteiger partial charge in [-0.3, -0.25) is 0 Å². The summed E-state index contributed by atoms with van der Waals surface area (Å²) in [7, 11) is 0. The minimum Gasteiger partial charge on any atom is -0.204 e. The maximum Gasteiger partial charge on any atom is 0.352 e. The van der Waals surface area contributed by atoms with E-state index in [9.17, 15) is 13.2 Å². The summed E-state index contributed by atoms with van der Waals surface area (Å²) in [6.07, 6.45) is 0. The third kappa shape index (κ3) is 2.71. The maximum atomic E-state index is 11.7. The van der Waals surface area contributed by atoms with Crippen LogP contribution < -0.4 is 0 Å². The van der Waals surface area contributed by atoms with Crippen molar-refractivity contribution in [2.45, 2.75) is 4.83 Å². The molecule has 48 valence electrons. The standard InChI is InChI=1S/C3HBr2F3/c4-1-2(6)3(5,7)8/h1H/b2-1-. The van der Waals surface area contributed by atoms with Crippen LogP contribution in [0.3, 0.4) is 0 Å². The molecule has 0 fully saturated rings. The minimum absolute atomic E-state index is 0.516. The van der Waals surface area contributed by atoms with Gasteiger partial charge in [0.1, 0.15) is 0 Å². The Morgan fingerprint density at radius 1 is 1.50 bits per heavy atom. The molecule has 0 spiro atoms. The molecule has 0 saturated heterocycles. The molecular weight excluding hydrogens is 253 g/mol. The smallest absolute Gasteiger partial charge is 0.204 e. The van der Waals surface area contributed by atoms with Gasteiger partial charge in [0.25, 0.3) is 0 Å². The molecule has 0 aromatic carbocycles. The first-order valence-corrected chi connectivity index (χ1v) is 3.22. The van der Waals surface area contributed by atoms with Gasteiger partial charge in [-0.2, -0.15) is 8.78 Å². The van der Waals surface area contributed by atoms with E-state index in [0.717, 1.165) is 0 Å². The van der Waals surface area contributed by atoms with Crippen LogP contribution in [0.25, 0.3) is 0 Å². The lowest BCUT2D eigenvalue weighted by molar-refractivity contribution is 0.128. The van der Waals surface area contributed by atoms with E-state index in [1.54, 1.807) is 15.9 Å². The molecule has 0 heterocycles. The fourth-order valence-corrected chi connectivity index (χ4v) is 0.771. The molecule has 0 aliphatic carbocycles. The lowest BCUT2D eigenvalue weighted by Gasteiger charge is -2.01. The van der Waals surface area contributed by atoms with Crippen LogP contribution >= 0.6 is 31.9 Å². The van der Waals surface area contributed by atoms with E-state index in [-0.39, 0.29) is 0 Å². The molecule has 0 saturated carbocycles. The van der Waals surface area contributed by atoms with Gasteiger partial charge in [-0.1, -0.05) is 15.9 Å². The van der Waals surface area contributed by atoms with Crippen molar-refractivity contribution < 1.29 is 13.2 Å². The predicted octanol–water partition coefficient (Wildman–Crippen LogP) is 3.18. The van der Waals surface area contributed by atoms with Gasteiger partial charge in [0.15, 0.2) is 5.83 Å². The molecule has 0 nitrogen and oxygen atoms in total. The van der Waals surface area contributed by atoms with Gasteiger partial charge in [-0.05, 0) is 15.9 Å². The second-order valence-corrected chi connectivity index (χ2v) is 2.41. The average Bonchev–Trinajstić information content (AvgIpc) is 1.62. The van der Waals surface area contributed by atoms with Crippen LogP contribution in [0.4, 0.5) is 13.2 Å². The van der Waals surface area contributed by atoms with Crippen molar-refractivity contribution in [3.63, 3.8) is 0 Å². The Balaban J connectivity index is 4.03. The molecule has 0 aliphatic heterocycles. The highest BCUT2D eigenvalue weighted by molar-refractivity contribution is 9.11. The first-order chi connectivity index (χ1) is 3.48. The fraction of sp³-hybridized carbons (Fsp3) is 0.333. The molecule has 0 aromatic rings. The van der Waals surface area contributed by atoms with Crippen molar-refractivity contribution in [2.75, 3.05) is 0 Å². The van der Waals surface area contributed by atoms with Crippen molar-refractivity contribution >= 4 is 31.9 Å². The molecule has 0 bridgehead atoms. The first-order valence-electron chi connectivity index (χ1n) is 1.51. The van der Waals surface area contributed by atoms with E-state index in [1.165, 1.54) is 0 Å². The van der Waals surface area contributed by atoms with E-state index in [1.807, 2.05) is 0 Å². The average molecular weight is 254 g/mol. The number of hydrogen-bond acceptors (Lipinski definition) is 0. The molecule has 0 amide bonds. The van der Waals surface area contributed by atoms with Gasteiger partial charge >= 0.3 is 4.83 Å². The monoisotopic (exact) mass is 252 g/mol. The zero-order valence-electron chi connectivity index (χ0n) is 3.47. The summed E-state index contributed by atoms with van der Waals surface area (Å²) in [6, 6.07) is 0. The number of alkyl halides is 3. The van der Waals surface area contributed by atoms with Crippen LogP contribution in [0.1, 0.15) is 0 Å². The van der Waals surface area contributed by atoms with Crippen molar-refractivity contribution in [1.82, 2.24) is 0 Å². The van der Waals surface area contributed by atoms with Crippen molar-refractivity contribution in [3.8, 4) is 0 Å². The molecular formula is C3HBr2F3. The van der Waals surface area contributed by atoms with Gasteiger partial charge in [0.2, 0.25) is 0 Å². The molecule has 0 N–H and O–H groups in total. The molecule has 0 radical (unpaired) electrons. The zero-order chi connectivity index (χ0) is 6.78. The number of allylic oxidation sites excluding steroid dienone is 1. The van der Waals surface area contributed by atoms with Gasteiger partial charge in [-0.15, -0.1) is 0 Å². The van der Waals surface area contributed by atoms with Gasteiger partial charge < -0.3 is 0 Å². The van der Waals surface area contributed by atoms with Crippen LogP contribution in [-0.2, 0) is 0 Å². The molecule has 8 heavy (non-hydrogen) atoms. The van der Waals surface area contributed by atoms with Crippen molar-refractivity contribution in [2.24, 2.45) is 0 Å². The summed E-state index contributed by atoms with van der Waals surface area (Å²) in [5.41, 5.74) is 0. The maximum absolute atomic E-state index is 11.7. The highest BCUT2D eigenvalue weighted by Crippen LogP contribution is 2.31. The van der Waals surface area contributed by atoms with E-state index >= 15 is 0 Å². The largest absolute Gasteiger partial charge is 0.352 e. The Kier molecular flexibility index (Phi) is 3.04. The summed E-state index contributed by atoms with van der Waals surface area (Å²) in [4.78, 5) is -3.02. The van der Waals surface area contributed by atoms with Crippen molar-refractivity contribution in [3.05, 3.63) is 10.8 Å². The number of rotatable bonds is 1. The SMILES string of the molecule is F/C(=C\Br)C(F)(F)Br. The molecule has 0 aliphatic rings. The second-order valence-electron chi connectivity index (χ2n) is 0.955. The summed E-state index contributed by atoms with van der Waals surface area (Å²) in [6.45, 7) is 0. The summed E-state index contributed by atoms with van der Waals surface area (Å²) >= 11 is 4.20. The van der Waals surface area contributed by atoms with Crippen LogP contribution in [0.2, 0.25) is 0 Å². The Labute approximate surface area is 61.0 Å². The summed E-state index contributed by atoms with van der Waals surface area (Å²) in [5, 5.41) is 0. The summed E-state index contributed by atoms with van der Waals surface area (Å²) in [5.74, 6) is -1.54. The van der Waals surface area contributed by atoms with Gasteiger partial charge in [0.05, 0.1) is 0 Å². The Morgan fingerprint density at radius 3 is 1.88 bits per heavy atom. The molecule has 0 unspecified atom stereocenters. The summed E-state index contributed by atoms with van der Waals surface area (Å²) < 4.78 is 34.8. The van der Waals surface area contributed by atoms with E-state index in [0.29, 0.717) is 4.99 Å². The fourth-order valence-electron chi connectivity index (χ4n) is 0.0619. The number of halogens is 5. The lowest BCUT2D eigenvalue weighted by atomic mass is 10.6. The van der Waals surface area contributed by atoms with Crippen LogP contribution in [0.5, 0.6) is 0 Å². The predicted molar refractivity (Wildman–Crippen MR) is 32.0 cm³/mol. The topological polar surface area (TPSA) is 0 Å². The molecule has 5 heteroatoms. The lowest BCUT2D eigenvalue weighted by Crippen LogP contribution is -2.03. The third-order valence-electron chi connectivity index (χ3n) is 0.367. The number of hydrogen-bond donors (Lipinski definition) is 0. The van der Waals surface area contributed by atoms with Crippen molar-refractivity contribution in [1.29, 1.82) is 0 Å². The quantitative estimate of drug-likeness (QED) is 0.630. The van der Waals surface area contributed by atoms with Crippen LogP contribution in [0.15, 0.2) is 10.8 Å². The first kappa shape index (κ1) is 8.49. The minimum atomic E-state index is -3.53. The van der Waals surface area contributed by atoms with E-state index in [2.05, 4.69) is 15.9 Å². The van der Waals surface area contributed by atoms with E-state index < -0.39 is 10.7 Å². The highest BCUT2D eigenvalue weighted by atomic mass is 79.9. The normalized spacial score (nSPS) is 14.4.